The van der Waals surface area contributed by atoms with Gasteiger partial charge in [0.2, 0.25) is 11.1 Å². The molecule has 8 nitrogen and oxygen atoms in total. The Balaban J connectivity index is 1.55. The summed E-state index contributed by atoms with van der Waals surface area (Å²) in [6.45, 7) is 6.28. The van der Waals surface area contributed by atoms with Gasteiger partial charge in [-0.05, 0) is 88.6 Å². The third kappa shape index (κ3) is 6.47. The van der Waals surface area contributed by atoms with Gasteiger partial charge in [0.05, 0.1) is 17.2 Å². The van der Waals surface area contributed by atoms with Crippen molar-refractivity contribution in [3.8, 4) is 11.5 Å². The Labute approximate surface area is 260 Å². The smallest absolute Gasteiger partial charge is 0.255 e. The fraction of sp³-hybridized carbons (Fsp3) is 0.233. The van der Waals surface area contributed by atoms with Gasteiger partial charge in [-0.25, -0.2) is 4.68 Å². The lowest BCUT2D eigenvalue weighted by atomic mass is 9.94. The first kappa shape index (κ1) is 29.2. The summed E-state index contributed by atoms with van der Waals surface area (Å²) >= 11 is 8.75. The van der Waals surface area contributed by atoms with Gasteiger partial charge in [-0.1, -0.05) is 58.9 Å². The number of nitrogens with one attached hydrogen (secondary N) is 2. The molecule has 0 aliphatic carbocycles. The highest BCUT2D eigenvalue weighted by Crippen LogP contribution is 2.43. The van der Waals surface area contributed by atoms with Crippen molar-refractivity contribution in [1.82, 2.24) is 14.8 Å². The van der Waals surface area contributed by atoms with Gasteiger partial charge in [0.15, 0.2) is 11.5 Å². The Morgan fingerprint density at radius 3 is 2.66 bits per heavy atom. The van der Waals surface area contributed by atoms with Gasteiger partial charge < -0.3 is 20.1 Å². The normalized spacial score (nSPS) is 14.3. The van der Waals surface area contributed by atoms with Crippen LogP contribution in [0.5, 0.6) is 11.5 Å². The number of carbonyl (C=O) groups is 1. The minimum Gasteiger partial charge on any atom is -0.493 e. The van der Waals surface area contributed by atoms with E-state index in [9.17, 15) is 4.79 Å². The maximum Gasteiger partial charge on any atom is 0.255 e. The number of hydrogen-bond donors (Lipinski definition) is 2. The lowest BCUT2D eigenvalue weighted by Crippen LogP contribution is -2.31. The second-order valence-corrected chi connectivity index (χ2v) is 12.4. The summed E-state index contributed by atoms with van der Waals surface area (Å²) in [7, 11) is 1.60. The van der Waals surface area contributed by atoms with E-state index >= 15 is 0 Å². The molecule has 0 radical (unpaired) electrons. The highest BCUT2D eigenvalue weighted by atomic mass is 79.9. The van der Waals surface area contributed by atoms with E-state index in [4.69, 9.17) is 14.6 Å². The van der Waals surface area contributed by atoms with Crippen LogP contribution >= 0.6 is 43.6 Å². The number of nitrogens with zero attached hydrogens (tertiary/aromatic N) is 3. The summed E-state index contributed by atoms with van der Waals surface area (Å²) in [5.74, 6) is 2.26. The molecule has 41 heavy (non-hydrogen) atoms. The average molecular weight is 699 g/mol. The molecule has 1 atom stereocenters. The molecule has 2 N–H and O–H groups in total. The molecule has 1 aliphatic heterocycles. The Kier molecular flexibility index (Phi) is 9.06. The third-order valence-corrected chi connectivity index (χ3v) is 8.27. The summed E-state index contributed by atoms with van der Waals surface area (Å²) in [4.78, 5) is 18.5. The Hall–Kier alpha value is -3.28. The van der Waals surface area contributed by atoms with Crippen LogP contribution in [0.25, 0.3) is 0 Å². The number of benzene rings is 3. The zero-order chi connectivity index (χ0) is 29.1. The van der Waals surface area contributed by atoms with Crippen LogP contribution in [-0.4, -0.2) is 33.5 Å². The monoisotopic (exact) mass is 697 g/mol. The molecule has 0 fully saturated rings. The minimum absolute atomic E-state index is 0.235. The van der Waals surface area contributed by atoms with E-state index in [0.29, 0.717) is 45.0 Å². The van der Waals surface area contributed by atoms with Gasteiger partial charge >= 0.3 is 0 Å². The number of ether oxygens (including phenoxy) is 2. The first-order chi connectivity index (χ1) is 19.8. The molecule has 212 valence electrons. The molecule has 1 aromatic heterocycles. The molecule has 4 aromatic rings. The summed E-state index contributed by atoms with van der Waals surface area (Å²) in [5, 5.41) is 11.8. The number of aryl methyl sites for hydroxylation is 1. The van der Waals surface area contributed by atoms with E-state index in [-0.39, 0.29) is 5.91 Å². The summed E-state index contributed by atoms with van der Waals surface area (Å²) in [5.41, 5.74) is 4.79. The number of fused-ring (bicyclic) bond motifs is 1. The number of methoxy groups -OCH3 is 1. The maximum absolute atomic E-state index is 13.9. The molecule has 5 rings (SSSR count). The number of allylic oxidation sites excluding steroid dienone is 1. The van der Waals surface area contributed by atoms with Gasteiger partial charge in [0, 0.05) is 15.9 Å². The van der Waals surface area contributed by atoms with Crippen molar-refractivity contribution in [3.05, 3.63) is 97.6 Å². The van der Waals surface area contributed by atoms with Gasteiger partial charge in [0.25, 0.3) is 5.91 Å². The summed E-state index contributed by atoms with van der Waals surface area (Å²) < 4.78 is 15.4. The van der Waals surface area contributed by atoms with Gasteiger partial charge in [-0.2, -0.15) is 4.98 Å². The number of amides is 1. The van der Waals surface area contributed by atoms with Gasteiger partial charge in [-0.3, -0.25) is 4.79 Å². The molecule has 0 spiro atoms. The molecule has 3 aromatic carbocycles. The molecular weight excluding hydrogens is 670 g/mol. The van der Waals surface area contributed by atoms with Crippen LogP contribution in [0.4, 0.5) is 11.6 Å². The minimum atomic E-state index is -0.570. The fourth-order valence-corrected chi connectivity index (χ4v) is 6.24. The van der Waals surface area contributed by atoms with E-state index in [2.05, 4.69) is 54.4 Å². The zero-order valence-electron chi connectivity index (χ0n) is 23.0. The number of thioether (sulfide) groups is 1. The highest BCUT2D eigenvalue weighted by molar-refractivity contribution is 9.10. The lowest BCUT2D eigenvalue weighted by molar-refractivity contribution is -0.113. The number of aromatic nitrogens is 3. The van der Waals surface area contributed by atoms with E-state index in [1.165, 1.54) is 0 Å². The van der Waals surface area contributed by atoms with Gasteiger partial charge in [-0.15, -0.1) is 5.10 Å². The van der Waals surface area contributed by atoms with Crippen LogP contribution in [0.1, 0.15) is 36.6 Å². The van der Waals surface area contributed by atoms with E-state index in [1.54, 1.807) is 23.6 Å². The number of halogens is 2. The number of carbonyl (C=O) groups excluding carboxylic acids is 1. The standard InChI is InChI=1S/C30H29Br2N5O3S/c1-5-41-30-35-29-33-18(3)25(28(38)34-22-11-6-8-17(2)12-22)26(37(29)36-30)20-14-23(32)27(24(15-20)39-4)40-16-19-9-7-10-21(31)13-19/h6-15,26H,5,16H2,1-4H3,(H,34,38)(H,33,35,36). The van der Waals surface area contributed by atoms with Crippen LogP contribution in [0.15, 0.2) is 86.0 Å². The van der Waals surface area contributed by atoms with E-state index in [1.807, 2.05) is 74.5 Å². The van der Waals surface area contributed by atoms with Crippen molar-refractivity contribution in [2.24, 2.45) is 0 Å². The Morgan fingerprint density at radius 2 is 1.93 bits per heavy atom. The van der Waals surface area contributed by atoms with Crippen molar-refractivity contribution in [2.45, 2.75) is 38.6 Å². The van der Waals surface area contributed by atoms with Crippen LogP contribution in [0.3, 0.4) is 0 Å². The topological polar surface area (TPSA) is 90.3 Å². The second-order valence-electron chi connectivity index (χ2n) is 9.44. The molecule has 1 unspecified atom stereocenters. The summed E-state index contributed by atoms with van der Waals surface area (Å²) in [6, 6.07) is 18.9. The van der Waals surface area contributed by atoms with Gasteiger partial charge in [0.1, 0.15) is 12.6 Å². The first-order valence-electron chi connectivity index (χ1n) is 13.0. The number of rotatable bonds is 9. The second kappa shape index (κ2) is 12.7. The van der Waals surface area contributed by atoms with Crippen LogP contribution in [0, 0.1) is 6.92 Å². The average Bonchev–Trinajstić information content (AvgIpc) is 3.33. The molecule has 11 heteroatoms. The van der Waals surface area contributed by atoms with Crippen LogP contribution < -0.4 is 20.1 Å². The number of anilines is 2. The molecule has 0 saturated carbocycles. The van der Waals surface area contributed by atoms with Crippen molar-refractivity contribution in [1.29, 1.82) is 0 Å². The van der Waals surface area contributed by atoms with Crippen molar-refractivity contribution in [2.75, 3.05) is 23.5 Å². The molecule has 1 amide bonds. The van der Waals surface area contributed by atoms with Crippen molar-refractivity contribution >= 4 is 61.2 Å². The van der Waals surface area contributed by atoms with Crippen molar-refractivity contribution in [3.63, 3.8) is 0 Å². The largest absolute Gasteiger partial charge is 0.493 e. The predicted molar refractivity (Wildman–Crippen MR) is 170 cm³/mol. The maximum atomic E-state index is 13.9. The van der Waals surface area contributed by atoms with E-state index in [0.717, 1.165) is 32.6 Å². The quantitative estimate of drug-likeness (QED) is 0.173. The lowest BCUT2D eigenvalue weighted by Gasteiger charge is -2.29. The molecular formula is C30H29Br2N5O3S. The molecule has 0 saturated heterocycles. The zero-order valence-corrected chi connectivity index (χ0v) is 27.0. The van der Waals surface area contributed by atoms with Crippen LogP contribution in [-0.2, 0) is 11.4 Å². The van der Waals surface area contributed by atoms with Crippen molar-refractivity contribution < 1.29 is 14.3 Å². The fourth-order valence-electron chi connectivity index (χ4n) is 4.67. The molecule has 2 heterocycles. The first-order valence-corrected chi connectivity index (χ1v) is 15.5. The van der Waals surface area contributed by atoms with E-state index < -0.39 is 6.04 Å². The number of hydrogen-bond acceptors (Lipinski definition) is 7. The summed E-state index contributed by atoms with van der Waals surface area (Å²) in [6.07, 6.45) is 0. The molecule has 0 bridgehead atoms. The highest BCUT2D eigenvalue weighted by Gasteiger charge is 2.35. The molecule has 1 aliphatic rings. The van der Waals surface area contributed by atoms with Crippen LogP contribution in [0.2, 0.25) is 0 Å². The SMILES string of the molecule is CCSc1nc2n(n1)C(c1cc(Br)c(OCc3cccc(Br)c3)c(OC)c1)C(C(=O)Nc1cccc(C)c1)=C(C)N2. The Morgan fingerprint density at radius 1 is 1.12 bits per heavy atom. The predicted octanol–water partition coefficient (Wildman–Crippen LogP) is 7.74. The Bertz CT molecular complexity index is 1640. The third-order valence-electron chi connectivity index (χ3n) is 6.47.